The van der Waals surface area contributed by atoms with E-state index in [0.717, 1.165) is 11.1 Å². The monoisotopic (exact) mass is 267 g/mol. The molecule has 3 N–H and O–H groups in total. The summed E-state index contributed by atoms with van der Waals surface area (Å²) in [4.78, 5) is 14.6. The molecule has 20 heavy (non-hydrogen) atoms. The van der Waals surface area contributed by atoms with E-state index in [1.54, 1.807) is 30.3 Å². The number of aromatic hydroxyl groups is 1. The fraction of sp³-hybridized carbons (Fsp3) is 0.0625. The first-order valence-corrected chi connectivity index (χ1v) is 6.26. The molecule has 4 heteroatoms. The van der Waals surface area contributed by atoms with Gasteiger partial charge >= 0.3 is 5.97 Å². The van der Waals surface area contributed by atoms with Crippen LogP contribution < -0.4 is 0 Å². The van der Waals surface area contributed by atoms with Crippen LogP contribution in [0.1, 0.15) is 21.6 Å². The second-order valence-corrected chi connectivity index (χ2v) is 4.67. The Hall–Kier alpha value is -2.75. The van der Waals surface area contributed by atoms with Crippen molar-refractivity contribution in [3.8, 4) is 5.75 Å². The molecule has 0 aliphatic heterocycles. The van der Waals surface area contributed by atoms with Crippen molar-refractivity contribution in [1.29, 1.82) is 0 Å². The summed E-state index contributed by atoms with van der Waals surface area (Å²) in [5.41, 5.74) is 2.74. The highest BCUT2D eigenvalue weighted by Crippen LogP contribution is 2.24. The third-order valence-corrected chi connectivity index (χ3v) is 3.31. The summed E-state index contributed by atoms with van der Waals surface area (Å²) >= 11 is 0. The smallest absolute Gasteiger partial charge is 0.338 e. The molecule has 3 aromatic rings. The number of para-hydroxylation sites is 1. The third kappa shape index (κ3) is 2.12. The average molecular weight is 267 g/mol. The minimum absolute atomic E-state index is 0.198. The number of H-pyrrole nitrogens is 1. The van der Waals surface area contributed by atoms with Crippen molar-refractivity contribution < 1.29 is 15.0 Å². The number of fused-ring (bicyclic) bond motifs is 1. The second kappa shape index (κ2) is 4.74. The van der Waals surface area contributed by atoms with Gasteiger partial charge in [-0.2, -0.15) is 0 Å². The van der Waals surface area contributed by atoms with E-state index >= 15 is 0 Å². The van der Waals surface area contributed by atoms with E-state index in [1.165, 1.54) is 0 Å². The number of carboxylic acid groups (broad SMARTS) is 1. The van der Waals surface area contributed by atoms with Crippen LogP contribution in [0.4, 0.5) is 0 Å². The number of nitrogens with one attached hydrogen (secondary N) is 1. The van der Waals surface area contributed by atoms with Gasteiger partial charge < -0.3 is 15.2 Å². The molecular weight excluding hydrogens is 254 g/mol. The molecule has 0 amide bonds. The summed E-state index contributed by atoms with van der Waals surface area (Å²) in [6, 6.07) is 14.1. The van der Waals surface area contributed by atoms with Gasteiger partial charge in [-0.15, -0.1) is 0 Å². The number of rotatable bonds is 3. The number of aromatic amines is 1. The van der Waals surface area contributed by atoms with Crippen LogP contribution in [-0.4, -0.2) is 21.2 Å². The zero-order valence-electron chi connectivity index (χ0n) is 10.6. The highest BCUT2D eigenvalue weighted by molar-refractivity contribution is 6.04. The van der Waals surface area contributed by atoms with Crippen LogP contribution in [0.3, 0.4) is 0 Å². The lowest BCUT2D eigenvalue weighted by Crippen LogP contribution is -2.01. The zero-order valence-corrected chi connectivity index (χ0v) is 10.6. The van der Waals surface area contributed by atoms with Gasteiger partial charge in [0.15, 0.2) is 0 Å². The van der Waals surface area contributed by atoms with Gasteiger partial charge in [0.2, 0.25) is 0 Å². The first kappa shape index (κ1) is 12.3. The fourth-order valence-electron chi connectivity index (χ4n) is 2.39. The molecule has 4 nitrogen and oxygen atoms in total. The summed E-state index contributed by atoms with van der Waals surface area (Å²) in [7, 11) is 0. The number of hydrogen-bond donors (Lipinski definition) is 3. The third-order valence-electron chi connectivity index (χ3n) is 3.31. The molecule has 0 atom stereocenters. The number of hydrogen-bond acceptors (Lipinski definition) is 2. The quantitative estimate of drug-likeness (QED) is 0.682. The number of benzene rings is 2. The van der Waals surface area contributed by atoms with Gasteiger partial charge in [-0.1, -0.05) is 30.3 Å². The first-order chi connectivity index (χ1) is 9.65. The number of carboxylic acids is 1. The van der Waals surface area contributed by atoms with Crippen molar-refractivity contribution in [2.45, 2.75) is 6.42 Å². The van der Waals surface area contributed by atoms with Gasteiger partial charge in [0.05, 0.1) is 5.56 Å². The van der Waals surface area contributed by atoms with E-state index in [1.807, 2.05) is 18.2 Å². The highest BCUT2D eigenvalue weighted by atomic mass is 16.4. The molecule has 0 aliphatic carbocycles. The molecule has 3 rings (SSSR count). The summed E-state index contributed by atoms with van der Waals surface area (Å²) in [6.07, 6.45) is 0.483. The van der Waals surface area contributed by atoms with Gasteiger partial charge in [-0.05, 0) is 23.8 Å². The minimum atomic E-state index is -0.934. The normalized spacial score (nSPS) is 10.8. The first-order valence-electron chi connectivity index (χ1n) is 6.26. The van der Waals surface area contributed by atoms with Crippen molar-refractivity contribution in [1.82, 2.24) is 4.98 Å². The summed E-state index contributed by atoms with van der Waals surface area (Å²) in [6.45, 7) is 0. The van der Waals surface area contributed by atoms with E-state index in [-0.39, 0.29) is 5.75 Å². The maximum Gasteiger partial charge on any atom is 0.338 e. The number of aromatic carboxylic acids is 1. The molecule has 0 spiro atoms. The Bertz CT molecular complexity index is 772. The molecule has 1 heterocycles. The van der Waals surface area contributed by atoms with Gasteiger partial charge in [0.1, 0.15) is 5.75 Å². The Kier molecular flexibility index (Phi) is 2.91. The molecular formula is C16H13NO3. The average Bonchev–Trinajstić information content (AvgIpc) is 2.79. The topological polar surface area (TPSA) is 73.3 Å². The molecule has 0 saturated heterocycles. The van der Waals surface area contributed by atoms with E-state index in [0.29, 0.717) is 23.1 Å². The molecule has 1 aromatic heterocycles. The zero-order chi connectivity index (χ0) is 14.1. The maximum atomic E-state index is 11.5. The molecule has 0 unspecified atom stereocenters. The van der Waals surface area contributed by atoms with Crippen LogP contribution in [-0.2, 0) is 6.42 Å². The molecule has 0 bridgehead atoms. The number of phenols is 1. The van der Waals surface area contributed by atoms with Crippen molar-refractivity contribution in [2.24, 2.45) is 0 Å². The van der Waals surface area contributed by atoms with Crippen molar-refractivity contribution in [3.63, 3.8) is 0 Å². The summed E-state index contributed by atoms with van der Waals surface area (Å²) in [5.74, 6) is -0.736. The van der Waals surface area contributed by atoms with E-state index in [2.05, 4.69) is 4.98 Å². The summed E-state index contributed by atoms with van der Waals surface area (Å²) in [5, 5.41) is 19.4. The van der Waals surface area contributed by atoms with Crippen LogP contribution in [0.2, 0.25) is 0 Å². The van der Waals surface area contributed by atoms with Gasteiger partial charge in [0.25, 0.3) is 0 Å². The predicted octanol–water partition coefficient (Wildman–Crippen LogP) is 3.16. The van der Waals surface area contributed by atoms with Crippen LogP contribution in [0.5, 0.6) is 5.75 Å². The largest absolute Gasteiger partial charge is 0.508 e. The number of phenolic OH excluding ortho intramolecular Hbond substituents is 1. The van der Waals surface area contributed by atoms with Gasteiger partial charge in [-0.3, -0.25) is 0 Å². The van der Waals surface area contributed by atoms with E-state index < -0.39 is 5.97 Å². The minimum Gasteiger partial charge on any atom is -0.508 e. The van der Waals surface area contributed by atoms with Gasteiger partial charge in [0, 0.05) is 23.0 Å². The van der Waals surface area contributed by atoms with E-state index in [9.17, 15) is 15.0 Å². The van der Waals surface area contributed by atoms with Gasteiger partial charge in [-0.25, -0.2) is 4.79 Å². The SMILES string of the molecule is O=C(O)c1c(Cc2ccc(O)cc2)[nH]c2ccccc12. The Labute approximate surface area is 115 Å². The number of aromatic nitrogens is 1. The Morgan fingerprint density at radius 3 is 2.45 bits per heavy atom. The second-order valence-electron chi connectivity index (χ2n) is 4.67. The molecule has 0 aliphatic rings. The van der Waals surface area contributed by atoms with Crippen molar-refractivity contribution >= 4 is 16.9 Å². The van der Waals surface area contributed by atoms with Crippen molar-refractivity contribution in [2.75, 3.05) is 0 Å². The number of carbonyl (C=O) groups is 1. The highest BCUT2D eigenvalue weighted by Gasteiger charge is 2.17. The summed E-state index contributed by atoms with van der Waals surface area (Å²) < 4.78 is 0. The lowest BCUT2D eigenvalue weighted by molar-refractivity contribution is 0.0698. The fourth-order valence-corrected chi connectivity index (χ4v) is 2.39. The molecule has 2 aromatic carbocycles. The Morgan fingerprint density at radius 1 is 1.05 bits per heavy atom. The Morgan fingerprint density at radius 2 is 1.75 bits per heavy atom. The van der Waals surface area contributed by atoms with E-state index in [4.69, 9.17) is 0 Å². The maximum absolute atomic E-state index is 11.5. The van der Waals surface area contributed by atoms with Crippen LogP contribution in [0, 0.1) is 0 Å². The Balaban J connectivity index is 2.08. The van der Waals surface area contributed by atoms with Crippen LogP contribution in [0.15, 0.2) is 48.5 Å². The van der Waals surface area contributed by atoms with Crippen LogP contribution >= 0.6 is 0 Å². The predicted molar refractivity (Wildman–Crippen MR) is 76.2 cm³/mol. The molecule has 0 saturated carbocycles. The molecule has 0 radical (unpaired) electrons. The molecule has 100 valence electrons. The van der Waals surface area contributed by atoms with Crippen molar-refractivity contribution in [3.05, 3.63) is 65.4 Å². The standard InChI is InChI=1S/C16H13NO3/c18-11-7-5-10(6-8-11)9-14-15(16(19)20)12-3-1-2-4-13(12)17-14/h1-8,17-18H,9H2,(H,19,20). The lowest BCUT2D eigenvalue weighted by Gasteiger charge is -2.02. The molecule has 0 fully saturated rings. The lowest BCUT2D eigenvalue weighted by atomic mass is 10.0. The van der Waals surface area contributed by atoms with Crippen LogP contribution in [0.25, 0.3) is 10.9 Å².